The molecule has 0 amide bonds. The third-order valence-corrected chi connectivity index (χ3v) is 3.17. The van der Waals surface area contributed by atoms with Gasteiger partial charge < -0.3 is 15.0 Å². The molecule has 1 heterocycles. The molecule has 0 radical (unpaired) electrons. The van der Waals surface area contributed by atoms with Crippen LogP contribution in [0.3, 0.4) is 0 Å². The fourth-order valence-electron chi connectivity index (χ4n) is 2.04. The van der Waals surface area contributed by atoms with E-state index in [1.54, 1.807) is 6.20 Å². The average molecular weight is 259 g/mol. The van der Waals surface area contributed by atoms with E-state index in [0.29, 0.717) is 6.61 Å². The number of rotatable bonds is 5. The molecule has 1 aromatic heterocycles. The van der Waals surface area contributed by atoms with E-state index in [1.807, 2.05) is 32.2 Å². The molecule has 2 rings (SSSR count). The fraction of sp³-hybridized carbons (Fsp3) is 0.400. The van der Waals surface area contributed by atoms with E-state index in [-0.39, 0.29) is 6.04 Å². The van der Waals surface area contributed by atoms with Crippen molar-refractivity contribution in [1.82, 2.24) is 9.55 Å². The molecule has 0 unspecified atom stereocenters. The lowest BCUT2D eigenvalue weighted by Crippen LogP contribution is -2.12. The first kappa shape index (κ1) is 13.6. The summed E-state index contributed by atoms with van der Waals surface area (Å²) in [6.45, 7) is 7.41. The summed E-state index contributed by atoms with van der Waals surface area (Å²) in [5, 5.41) is 0. The second-order valence-electron chi connectivity index (χ2n) is 4.85. The Morgan fingerprint density at radius 3 is 2.79 bits per heavy atom. The van der Waals surface area contributed by atoms with Gasteiger partial charge in [-0.1, -0.05) is 12.1 Å². The number of hydrogen-bond acceptors (Lipinski definition) is 3. The average Bonchev–Trinajstić information content (AvgIpc) is 2.75. The first-order valence-corrected chi connectivity index (χ1v) is 6.54. The SMILES string of the molecule is Cc1ccc([C@@H](C)N)c(OCCn2ccnc2C)c1. The van der Waals surface area contributed by atoms with Gasteiger partial charge in [-0.15, -0.1) is 0 Å². The van der Waals surface area contributed by atoms with Gasteiger partial charge in [-0.25, -0.2) is 4.98 Å². The molecule has 0 bridgehead atoms. The monoisotopic (exact) mass is 259 g/mol. The number of aryl methyl sites for hydroxylation is 2. The zero-order chi connectivity index (χ0) is 13.8. The Morgan fingerprint density at radius 1 is 1.37 bits per heavy atom. The van der Waals surface area contributed by atoms with Gasteiger partial charge in [0.05, 0.1) is 6.54 Å². The molecule has 4 heteroatoms. The summed E-state index contributed by atoms with van der Waals surface area (Å²) in [6, 6.07) is 6.12. The summed E-state index contributed by atoms with van der Waals surface area (Å²) < 4.78 is 7.95. The van der Waals surface area contributed by atoms with E-state index in [0.717, 1.165) is 23.7 Å². The Balaban J connectivity index is 2.03. The highest BCUT2D eigenvalue weighted by Gasteiger charge is 2.08. The van der Waals surface area contributed by atoms with E-state index < -0.39 is 0 Å². The van der Waals surface area contributed by atoms with Crippen LogP contribution >= 0.6 is 0 Å². The predicted molar refractivity (Wildman–Crippen MR) is 76.2 cm³/mol. The Bertz CT molecular complexity index is 546. The number of benzene rings is 1. The topological polar surface area (TPSA) is 53.1 Å². The Morgan fingerprint density at radius 2 is 2.16 bits per heavy atom. The molecule has 0 aliphatic carbocycles. The number of ether oxygens (including phenoxy) is 1. The number of imidazole rings is 1. The highest BCUT2D eigenvalue weighted by molar-refractivity contribution is 5.38. The molecule has 1 atom stereocenters. The highest BCUT2D eigenvalue weighted by atomic mass is 16.5. The quantitative estimate of drug-likeness (QED) is 0.898. The first-order chi connectivity index (χ1) is 9.08. The van der Waals surface area contributed by atoms with Crippen LogP contribution in [0.25, 0.3) is 0 Å². The largest absolute Gasteiger partial charge is 0.491 e. The summed E-state index contributed by atoms with van der Waals surface area (Å²) in [5.74, 6) is 1.88. The third kappa shape index (κ3) is 3.35. The summed E-state index contributed by atoms with van der Waals surface area (Å²) in [4.78, 5) is 4.19. The van der Waals surface area contributed by atoms with Crippen LogP contribution in [-0.4, -0.2) is 16.2 Å². The maximum Gasteiger partial charge on any atom is 0.124 e. The first-order valence-electron chi connectivity index (χ1n) is 6.54. The van der Waals surface area contributed by atoms with Crippen molar-refractivity contribution in [3.05, 3.63) is 47.5 Å². The zero-order valence-electron chi connectivity index (χ0n) is 11.8. The third-order valence-electron chi connectivity index (χ3n) is 3.17. The van der Waals surface area contributed by atoms with Crippen molar-refractivity contribution in [3.8, 4) is 5.75 Å². The molecule has 0 saturated carbocycles. The van der Waals surface area contributed by atoms with Crippen molar-refractivity contribution < 1.29 is 4.74 Å². The maximum absolute atomic E-state index is 5.96. The molecular weight excluding hydrogens is 238 g/mol. The Hall–Kier alpha value is -1.81. The molecule has 0 spiro atoms. The fourth-order valence-corrected chi connectivity index (χ4v) is 2.04. The minimum absolute atomic E-state index is 0.0226. The Labute approximate surface area is 114 Å². The van der Waals surface area contributed by atoms with Crippen LogP contribution in [0.1, 0.15) is 29.9 Å². The van der Waals surface area contributed by atoms with Crippen molar-refractivity contribution >= 4 is 0 Å². The van der Waals surface area contributed by atoms with Gasteiger partial charge in [0.25, 0.3) is 0 Å². The van der Waals surface area contributed by atoms with Gasteiger partial charge in [-0.2, -0.15) is 0 Å². The van der Waals surface area contributed by atoms with Crippen molar-refractivity contribution in [1.29, 1.82) is 0 Å². The van der Waals surface area contributed by atoms with Crippen LogP contribution in [0.2, 0.25) is 0 Å². The van der Waals surface area contributed by atoms with Crippen LogP contribution in [0.15, 0.2) is 30.6 Å². The number of nitrogens with zero attached hydrogens (tertiary/aromatic N) is 2. The van der Waals surface area contributed by atoms with Crippen molar-refractivity contribution in [2.45, 2.75) is 33.4 Å². The van der Waals surface area contributed by atoms with Gasteiger partial charge in [0, 0.05) is 24.0 Å². The van der Waals surface area contributed by atoms with E-state index in [4.69, 9.17) is 10.5 Å². The molecular formula is C15H21N3O. The number of hydrogen-bond donors (Lipinski definition) is 1. The smallest absolute Gasteiger partial charge is 0.124 e. The molecule has 0 aliphatic heterocycles. The van der Waals surface area contributed by atoms with Gasteiger partial charge in [0.1, 0.15) is 18.2 Å². The predicted octanol–water partition coefficient (Wildman–Crippen LogP) is 2.60. The highest BCUT2D eigenvalue weighted by Crippen LogP contribution is 2.25. The van der Waals surface area contributed by atoms with Crippen LogP contribution in [0, 0.1) is 13.8 Å². The maximum atomic E-state index is 5.96. The summed E-state index contributed by atoms with van der Waals surface area (Å²) in [7, 11) is 0. The van der Waals surface area contributed by atoms with E-state index in [1.165, 1.54) is 5.56 Å². The van der Waals surface area contributed by atoms with Crippen LogP contribution < -0.4 is 10.5 Å². The van der Waals surface area contributed by atoms with Gasteiger partial charge in [-0.05, 0) is 32.4 Å². The van der Waals surface area contributed by atoms with Gasteiger partial charge in [0.15, 0.2) is 0 Å². The summed E-state index contributed by atoms with van der Waals surface area (Å²) in [6.07, 6.45) is 3.76. The second kappa shape index (κ2) is 5.89. The standard InChI is InChI=1S/C15H21N3O/c1-11-4-5-14(12(2)16)15(10-11)19-9-8-18-7-6-17-13(18)3/h4-7,10,12H,8-9,16H2,1-3H3/t12-/m1/s1. The van der Waals surface area contributed by atoms with Gasteiger partial charge >= 0.3 is 0 Å². The normalized spacial score (nSPS) is 12.4. The molecule has 4 nitrogen and oxygen atoms in total. The van der Waals surface area contributed by atoms with E-state index >= 15 is 0 Å². The molecule has 102 valence electrons. The van der Waals surface area contributed by atoms with Crippen LogP contribution in [0.4, 0.5) is 0 Å². The van der Waals surface area contributed by atoms with E-state index in [9.17, 15) is 0 Å². The molecule has 2 aromatic rings. The minimum atomic E-state index is -0.0226. The Kier molecular flexibility index (Phi) is 4.22. The van der Waals surface area contributed by atoms with Gasteiger partial charge in [0.2, 0.25) is 0 Å². The number of nitrogens with two attached hydrogens (primary N) is 1. The van der Waals surface area contributed by atoms with Crippen molar-refractivity contribution in [2.75, 3.05) is 6.61 Å². The summed E-state index contributed by atoms with van der Waals surface area (Å²) >= 11 is 0. The summed E-state index contributed by atoms with van der Waals surface area (Å²) in [5.41, 5.74) is 8.19. The minimum Gasteiger partial charge on any atom is -0.491 e. The van der Waals surface area contributed by atoms with Crippen molar-refractivity contribution in [2.24, 2.45) is 5.73 Å². The lowest BCUT2D eigenvalue weighted by Gasteiger charge is -2.15. The zero-order valence-corrected chi connectivity index (χ0v) is 11.8. The van der Waals surface area contributed by atoms with Crippen molar-refractivity contribution in [3.63, 3.8) is 0 Å². The number of aromatic nitrogens is 2. The van der Waals surface area contributed by atoms with Gasteiger partial charge in [-0.3, -0.25) is 0 Å². The molecule has 1 aromatic carbocycles. The second-order valence-corrected chi connectivity index (χ2v) is 4.85. The molecule has 2 N–H and O–H groups in total. The van der Waals surface area contributed by atoms with Crippen LogP contribution in [0.5, 0.6) is 5.75 Å². The van der Waals surface area contributed by atoms with Crippen LogP contribution in [-0.2, 0) is 6.54 Å². The molecule has 19 heavy (non-hydrogen) atoms. The van der Waals surface area contributed by atoms with E-state index in [2.05, 4.69) is 22.5 Å². The molecule has 0 saturated heterocycles. The molecule has 0 aliphatic rings. The molecule has 0 fully saturated rings. The lowest BCUT2D eigenvalue weighted by atomic mass is 10.1. The lowest BCUT2D eigenvalue weighted by molar-refractivity contribution is 0.293.